The first-order valence-electron chi connectivity index (χ1n) is 10.9. The molecule has 2 aromatic carbocycles. The Labute approximate surface area is 178 Å². The second kappa shape index (κ2) is 9.92. The molecule has 1 atom stereocenters. The number of rotatable bonds is 8. The van der Waals surface area contributed by atoms with Crippen molar-refractivity contribution in [2.75, 3.05) is 32.8 Å². The average molecular weight is 406 g/mol. The number of aromatic nitrogens is 1. The molecule has 1 amide bonds. The van der Waals surface area contributed by atoms with Crippen LogP contribution in [0.5, 0.6) is 0 Å². The first-order valence-corrected chi connectivity index (χ1v) is 10.9. The standard InChI is InChI=1S/C25H31N3O2/c1-20(18-27-13-15-30-16-14-27)28(19-21-7-3-2-4-8-21)25(29)12-11-22-17-26-24-10-6-5-9-23(22)24/h2-10,17,20,26H,11-16,18-19H2,1H3. The van der Waals surface area contributed by atoms with Crippen molar-refractivity contribution >= 4 is 16.8 Å². The number of nitrogens with one attached hydrogen (secondary N) is 1. The summed E-state index contributed by atoms with van der Waals surface area (Å²) < 4.78 is 5.47. The fraction of sp³-hybridized carbons (Fsp3) is 0.400. The van der Waals surface area contributed by atoms with Crippen LogP contribution in [0.15, 0.2) is 60.8 Å². The molecule has 5 nitrogen and oxygen atoms in total. The maximum atomic E-state index is 13.3. The maximum absolute atomic E-state index is 13.3. The molecule has 1 unspecified atom stereocenters. The Bertz CT molecular complexity index is 947. The third-order valence-corrected chi connectivity index (χ3v) is 5.96. The minimum atomic E-state index is 0.152. The van der Waals surface area contributed by atoms with E-state index >= 15 is 0 Å². The number of carbonyl (C=O) groups excluding carboxylic acids is 1. The van der Waals surface area contributed by atoms with E-state index in [-0.39, 0.29) is 11.9 Å². The number of amides is 1. The van der Waals surface area contributed by atoms with Crippen LogP contribution in [-0.2, 0) is 22.5 Å². The summed E-state index contributed by atoms with van der Waals surface area (Å²) in [6.07, 6.45) is 3.30. The van der Waals surface area contributed by atoms with Gasteiger partial charge < -0.3 is 14.6 Å². The summed E-state index contributed by atoms with van der Waals surface area (Å²) in [5.41, 5.74) is 3.51. The number of ether oxygens (including phenoxy) is 1. The van der Waals surface area contributed by atoms with Crippen molar-refractivity contribution in [1.29, 1.82) is 0 Å². The summed E-state index contributed by atoms with van der Waals surface area (Å²) in [6, 6.07) is 18.7. The lowest BCUT2D eigenvalue weighted by atomic mass is 10.1. The smallest absolute Gasteiger partial charge is 0.223 e. The first kappa shape index (κ1) is 20.6. The molecule has 1 aromatic heterocycles. The largest absolute Gasteiger partial charge is 0.379 e. The van der Waals surface area contributed by atoms with Gasteiger partial charge in [0.2, 0.25) is 5.91 Å². The number of nitrogens with zero attached hydrogens (tertiary/aromatic N) is 2. The van der Waals surface area contributed by atoms with Crippen LogP contribution in [0, 0.1) is 0 Å². The lowest BCUT2D eigenvalue weighted by Crippen LogP contribution is -2.48. The fourth-order valence-corrected chi connectivity index (χ4v) is 4.25. The van der Waals surface area contributed by atoms with Crippen molar-refractivity contribution in [3.05, 3.63) is 71.9 Å². The van der Waals surface area contributed by atoms with Gasteiger partial charge in [0.25, 0.3) is 0 Å². The van der Waals surface area contributed by atoms with Gasteiger partial charge >= 0.3 is 0 Å². The molecular weight excluding hydrogens is 374 g/mol. The topological polar surface area (TPSA) is 48.6 Å². The molecule has 3 aromatic rings. The van der Waals surface area contributed by atoms with E-state index < -0.39 is 0 Å². The number of hydrogen-bond donors (Lipinski definition) is 1. The average Bonchev–Trinajstić information content (AvgIpc) is 3.20. The normalized spacial score (nSPS) is 15.9. The van der Waals surface area contributed by atoms with Gasteiger partial charge in [0.1, 0.15) is 0 Å². The van der Waals surface area contributed by atoms with Crippen LogP contribution in [0.2, 0.25) is 0 Å². The summed E-state index contributed by atoms with van der Waals surface area (Å²) in [7, 11) is 0. The fourth-order valence-electron chi connectivity index (χ4n) is 4.25. The summed E-state index contributed by atoms with van der Waals surface area (Å²) in [4.78, 5) is 21.1. The van der Waals surface area contributed by atoms with Gasteiger partial charge in [0.15, 0.2) is 0 Å². The van der Waals surface area contributed by atoms with E-state index in [4.69, 9.17) is 4.74 Å². The lowest BCUT2D eigenvalue weighted by Gasteiger charge is -2.35. The minimum Gasteiger partial charge on any atom is -0.379 e. The van der Waals surface area contributed by atoms with Crippen LogP contribution in [0.1, 0.15) is 24.5 Å². The Kier molecular flexibility index (Phi) is 6.82. The Balaban J connectivity index is 1.45. The Hall–Kier alpha value is -2.63. The Morgan fingerprint density at radius 1 is 1.10 bits per heavy atom. The monoisotopic (exact) mass is 405 g/mol. The van der Waals surface area contributed by atoms with E-state index in [9.17, 15) is 4.79 Å². The highest BCUT2D eigenvalue weighted by Crippen LogP contribution is 2.20. The van der Waals surface area contributed by atoms with Crippen LogP contribution in [0.25, 0.3) is 10.9 Å². The van der Waals surface area contributed by atoms with Crippen molar-refractivity contribution < 1.29 is 9.53 Å². The van der Waals surface area contributed by atoms with E-state index in [0.29, 0.717) is 13.0 Å². The number of fused-ring (bicyclic) bond motifs is 1. The van der Waals surface area contributed by atoms with Crippen LogP contribution in [0.4, 0.5) is 0 Å². The van der Waals surface area contributed by atoms with Gasteiger partial charge in [0, 0.05) is 55.7 Å². The van der Waals surface area contributed by atoms with Crippen molar-refractivity contribution in [1.82, 2.24) is 14.8 Å². The molecule has 1 aliphatic heterocycles. The molecule has 1 saturated heterocycles. The van der Waals surface area contributed by atoms with E-state index in [1.54, 1.807) is 0 Å². The second-order valence-corrected chi connectivity index (χ2v) is 8.13. The molecule has 158 valence electrons. The highest BCUT2D eigenvalue weighted by molar-refractivity contribution is 5.84. The molecule has 0 radical (unpaired) electrons. The van der Waals surface area contributed by atoms with Gasteiger partial charge in [-0.3, -0.25) is 9.69 Å². The SMILES string of the molecule is CC(CN1CCOCC1)N(Cc1ccccc1)C(=O)CCc1c[nH]c2ccccc12. The summed E-state index contributed by atoms with van der Waals surface area (Å²) in [5, 5.41) is 1.21. The van der Waals surface area contributed by atoms with E-state index in [1.165, 1.54) is 16.5 Å². The third kappa shape index (κ3) is 5.10. The van der Waals surface area contributed by atoms with Crippen LogP contribution in [-0.4, -0.2) is 59.6 Å². The molecular formula is C25H31N3O2. The predicted octanol–water partition coefficient (Wildman–Crippen LogP) is 3.85. The van der Waals surface area contributed by atoms with Crippen molar-refractivity contribution in [3.8, 4) is 0 Å². The van der Waals surface area contributed by atoms with Gasteiger partial charge in [0.05, 0.1) is 13.2 Å². The van der Waals surface area contributed by atoms with Crippen molar-refractivity contribution in [3.63, 3.8) is 0 Å². The number of morpholine rings is 1. The van der Waals surface area contributed by atoms with Gasteiger partial charge in [-0.25, -0.2) is 0 Å². The molecule has 0 spiro atoms. The zero-order chi connectivity index (χ0) is 20.8. The third-order valence-electron chi connectivity index (χ3n) is 5.96. The van der Waals surface area contributed by atoms with Crippen LogP contribution < -0.4 is 0 Å². The highest BCUT2D eigenvalue weighted by Gasteiger charge is 2.23. The lowest BCUT2D eigenvalue weighted by molar-refractivity contribution is -0.134. The quantitative estimate of drug-likeness (QED) is 0.619. The molecule has 0 bridgehead atoms. The molecule has 1 fully saturated rings. The molecule has 1 aliphatic rings. The molecule has 1 N–H and O–H groups in total. The van der Waals surface area contributed by atoms with Gasteiger partial charge in [-0.2, -0.15) is 0 Å². The molecule has 5 heteroatoms. The Morgan fingerprint density at radius 2 is 1.83 bits per heavy atom. The Morgan fingerprint density at radius 3 is 2.63 bits per heavy atom. The zero-order valence-electron chi connectivity index (χ0n) is 17.7. The molecule has 4 rings (SSSR count). The number of aromatic amines is 1. The van der Waals surface area contributed by atoms with E-state index in [0.717, 1.165) is 44.8 Å². The second-order valence-electron chi connectivity index (χ2n) is 8.13. The first-order chi connectivity index (χ1) is 14.7. The predicted molar refractivity (Wildman–Crippen MR) is 120 cm³/mol. The molecule has 30 heavy (non-hydrogen) atoms. The number of H-pyrrole nitrogens is 1. The van der Waals surface area contributed by atoms with Gasteiger partial charge in [-0.05, 0) is 30.5 Å². The number of hydrogen-bond acceptors (Lipinski definition) is 3. The molecule has 2 heterocycles. The summed E-state index contributed by atoms with van der Waals surface area (Å²) in [6.45, 7) is 7.13. The van der Waals surface area contributed by atoms with Crippen LogP contribution >= 0.6 is 0 Å². The minimum absolute atomic E-state index is 0.152. The summed E-state index contributed by atoms with van der Waals surface area (Å²) >= 11 is 0. The summed E-state index contributed by atoms with van der Waals surface area (Å²) in [5.74, 6) is 0.213. The molecule has 0 saturated carbocycles. The maximum Gasteiger partial charge on any atom is 0.223 e. The van der Waals surface area contributed by atoms with E-state index in [1.807, 2.05) is 36.5 Å². The number of benzene rings is 2. The molecule has 0 aliphatic carbocycles. The van der Waals surface area contributed by atoms with Gasteiger partial charge in [-0.15, -0.1) is 0 Å². The highest BCUT2D eigenvalue weighted by atomic mass is 16.5. The van der Waals surface area contributed by atoms with Gasteiger partial charge in [-0.1, -0.05) is 48.5 Å². The number of para-hydroxylation sites is 1. The van der Waals surface area contributed by atoms with Crippen molar-refractivity contribution in [2.24, 2.45) is 0 Å². The zero-order valence-corrected chi connectivity index (χ0v) is 17.7. The van der Waals surface area contributed by atoms with Crippen LogP contribution in [0.3, 0.4) is 0 Å². The van der Waals surface area contributed by atoms with Crippen molar-refractivity contribution in [2.45, 2.75) is 32.4 Å². The number of aryl methyl sites for hydroxylation is 1. The van der Waals surface area contributed by atoms with E-state index in [2.05, 4.69) is 46.0 Å². The number of carbonyl (C=O) groups is 1.